The van der Waals surface area contributed by atoms with Crippen LogP contribution < -0.4 is 5.32 Å². The molecule has 1 saturated carbocycles. The van der Waals surface area contributed by atoms with Crippen LogP contribution in [-0.4, -0.2) is 22.3 Å². The lowest BCUT2D eigenvalue weighted by Gasteiger charge is -2.14. The predicted molar refractivity (Wildman–Crippen MR) is 73.9 cm³/mol. The monoisotopic (exact) mass is 251 g/mol. The Morgan fingerprint density at radius 2 is 2.12 bits per heavy atom. The van der Waals surface area contributed by atoms with Crippen molar-refractivity contribution in [2.24, 2.45) is 0 Å². The van der Waals surface area contributed by atoms with Gasteiger partial charge in [0, 0.05) is 23.8 Å². The summed E-state index contributed by atoms with van der Waals surface area (Å²) in [7, 11) is 1.93. The van der Waals surface area contributed by atoms with Gasteiger partial charge < -0.3 is 5.32 Å². The first-order valence-corrected chi connectivity index (χ1v) is 7.26. The highest BCUT2D eigenvalue weighted by molar-refractivity contribution is 7.99. The molecule has 2 rings (SSSR count). The molecule has 17 heavy (non-hydrogen) atoms. The summed E-state index contributed by atoms with van der Waals surface area (Å²) in [5, 5.41) is 4.95. The number of nitrogens with zero attached hydrogens (tertiary/aromatic N) is 2. The molecule has 1 N–H and O–H groups in total. The van der Waals surface area contributed by atoms with Gasteiger partial charge in [0.15, 0.2) is 0 Å². The van der Waals surface area contributed by atoms with Gasteiger partial charge in [0.05, 0.1) is 0 Å². The molecule has 0 saturated heterocycles. The van der Waals surface area contributed by atoms with Crippen molar-refractivity contribution in [1.29, 1.82) is 0 Å². The highest BCUT2D eigenvalue weighted by atomic mass is 32.2. The van der Waals surface area contributed by atoms with E-state index >= 15 is 0 Å². The standard InChI is InChI=1S/C13H21N3S/c1-5-8(2)17-13-9(3)11(14-4)15-12(16-13)10-6-7-10/h8,10H,5-7H2,1-4H3,(H,14,15,16). The zero-order valence-electron chi connectivity index (χ0n) is 11.1. The van der Waals surface area contributed by atoms with Crippen molar-refractivity contribution in [1.82, 2.24) is 9.97 Å². The molecule has 1 aliphatic rings. The van der Waals surface area contributed by atoms with Crippen LogP contribution in [0.4, 0.5) is 5.82 Å². The number of thioether (sulfide) groups is 1. The molecule has 0 amide bonds. The van der Waals surface area contributed by atoms with Crippen molar-refractivity contribution in [2.45, 2.75) is 56.2 Å². The van der Waals surface area contributed by atoms with Gasteiger partial charge >= 0.3 is 0 Å². The summed E-state index contributed by atoms with van der Waals surface area (Å²) in [4.78, 5) is 9.35. The first-order chi connectivity index (χ1) is 8.15. The minimum atomic E-state index is 0.610. The van der Waals surface area contributed by atoms with Gasteiger partial charge in [0.25, 0.3) is 0 Å². The van der Waals surface area contributed by atoms with E-state index in [2.05, 4.69) is 31.1 Å². The van der Waals surface area contributed by atoms with Gasteiger partial charge in [-0.15, -0.1) is 11.8 Å². The van der Waals surface area contributed by atoms with Crippen LogP contribution >= 0.6 is 11.8 Å². The molecule has 94 valence electrons. The Balaban J connectivity index is 2.30. The van der Waals surface area contributed by atoms with Crippen molar-refractivity contribution in [3.63, 3.8) is 0 Å². The molecule has 1 unspecified atom stereocenters. The highest BCUT2D eigenvalue weighted by Crippen LogP contribution is 2.40. The van der Waals surface area contributed by atoms with E-state index in [-0.39, 0.29) is 0 Å². The van der Waals surface area contributed by atoms with E-state index in [1.165, 1.54) is 24.8 Å². The molecular weight excluding hydrogens is 230 g/mol. The van der Waals surface area contributed by atoms with E-state index in [9.17, 15) is 0 Å². The Morgan fingerprint density at radius 3 is 2.65 bits per heavy atom. The van der Waals surface area contributed by atoms with Crippen LogP contribution in [0.2, 0.25) is 0 Å². The van der Waals surface area contributed by atoms with Gasteiger partial charge in [-0.3, -0.25) is 0 Å². The molecule has 3 nitrogen and oxygen atoms in total. The second-order valence-electron chi connectivity index (χ2n) is 4.72. The van der Waals surface area contributed by atoms with Crippen LogP contribution in [0.25, 0.3) is 0 Å². The van der Waals surface area contributed by atoms with E-state index in [1.807, 2.05) is 18.8 Å². The summed E-state index contributed by atoms with van der Waals surface area (Å²) < 4.78 is 0. The fraction of sp³-hybridized carbons (Fsp3) is 0.692. The molecule has 1 aliphatic carbocycles. The maximum Gasteiger partial charge on any atom is 0.135 e. The van der Waals surface area contributed by atoms with Crippen molar-refractivity contribution in [3.8, 4) is 0 Å². The lowest BCUT2D eigenvalue weighted by atomic mass is 10.3. The zero-order valence-corrected chi connectivity index (χ0v) is 11.9. The molecule has 1 aromatic rings. The minimum absolute atomic E-state index is 0.610. The summed E-state index contributed by atoms with van der Waals surface area (Å²) in [6, 6.07) is 0. The first-order valence-electron chi connectivity index (χ1n) is 6.38. The number of anilines is 1. The average Bonchev–Trinajstić information content (AvgIpc) is 3.15. The minimum Gasteiger partial charge on any atom is -0.373 e. The third-order valence-corrected chi connectivity index (χ3v) is 4.54. The second-order valence-corrected chi connectivity index (χ2v) is 6.15. The first kappa shape index (κ1) is 12.7. The molecule has 0 bridgehead atoms. The quantitative estimate of drug-likeness (QED) is 0.641. The van der Waals surface area contributed by atoms with Crippen LogP contribution in [0.1, 0.15) is 50.4 Å². The fourth-order valence-electron chi connectivity index (χ4n) is 1.67. The number of nitrogens with one attached hydrogen (secondary N) is 1. The van der Waals surface area contributed by atoms with Crippen LogP contribution in [-0.2, 0) is 0 Å². The maximum absolute atomic E-state index is 4.74. The van der Waals surface area contributed by atoms with Crippen molar-refractivity contribution >= 4 is 17.6 Å². The average molecular weight is 251 g/mol. The number of rotatable bonds is 5. The van der Waals surface area contributed by atoms with E-state index in [4.69, 9.17) is 4.98 Å². The summed E-state index contributed by atoms with van der Waals surface area (Å²) in [5.41, 5.74) is 1.18. The largest absolute Gasteiger partial charge is 0.373 e. The van der Waals surface area contributed by atoms with Gasteiger partial charge in [-0.2, -0.15) is 0 Å². The molecular formula is C13H21N3S. The fourth-order valence-corrected chi connectivity index (χ4v) is 2.64. The van der Waals surface area contributed by atoms with Crippen molar-refractivity contribution < 1.29 is 0 Å². The Morgan fingerprint density at radius 1 is 1.41 bits per heavy atom. The van der Waals surface area contributed by atoms with Crippen LogP contribution in [0.3, 0.4) is 0 Å². The normalized spacial score (nSPS) is 16.9. The van der Waals surface area contributed by atoms with Gasteiger partial charge in [0.1, 0.15) is 16.7 Å². The number of hydrogen-bond donors (Lipinski definition) is 1. The van der Waals surface area contributed by atoms with Gasteiger partial charge in [0.2, 0.25) is 0 Å². The second kappa shape index (κ2) is 5.25. The molecule has 1 fully saturated rings. The summed E-state index contributed by atoms with van der Waals surface area (Å²) in [6.07, 6.45) is 3.67. The third-order valence-electron chi connectivity index (χ3n) is 3.19. The Kier molecular flexibility index (Phi) is 3.92. The number of hydrogen-bond acceptors (Lipinski definition) is 4. The predicted octanol–water partition coefficient (Wildman–Crippen LogP) is 3.59. The van der Waals surface area contributed by atoms with Gasteiger partial charge in [-0.25, -0.2) is 9.97 Å². The SMILES string of the molecule is CCC(C)Sc1nc(C2CC2)nc(NC)c1C. The molecule has 0 radical (unpaired) electrons. The van der Waals surface area contributed by atoms with Crippen molar-refractivity contribution in [2.75, 3.05) is 12.4 Å². The van der Waals surface area contributed by atoms with Crippen LogP contribution in [0.15, 0.2) is 5.03 Å². The smallest absolute Gasteiger partial charge is 0.135 e. The van der Waals surface area contributed by atoms with Crippen LogP contribution in [0, 0.1) is 6.92 Å². The molecule has 1 aromatic heterocycles. The number of aromatic nitrogens is 2. The highest BCUT2D eigenvalue weighted by Gasteiger charge is 2.28. The van der Waals surface area contributed by atoms with E-state index in [0.29, 0.717) is 11.2 Å². The zero-order chi connectivity index (χ0) is 12.4. The molecule has 0 aliphatic heterocycles. The Labute approximate surface area is 108 Å². The topological polar surface area (TPSA) is 37.8 Å². The summed E-state index contributed by atoms with van der Waals surface area (Å²) >= 11 is 1.87. The molecule has 1 atom stereocenters. The molecule has 0 aromatic carbocycles. The van der Waals surface area contributed by atoms with Gasteiger partial charge in [-0.1, -0.05) is 13.8 Å². The molecule has 4 heteroatoms. The molecule has 1 heterocycles. The third kappa shape index (κ3) is 2.92. The Bertz CT molecular complexity index is 402. The van der Waals surface area contributed by atoms with E-state index in [0.717, 1.165) is 16.7 Å². The maximum atomic E-state index is 4.74. The van der Waals surface area contributed by atoms with Crippen molar-refractivity contribution in [3.05, 3.63) is 11.4 Å². The van der Waals surface area contributed by atoms with Gasteiger partial charge in [-0.05, 0) is 26.2 Å². The lowest BCUT2D eigenvalue weighted by Crippen LogP contribution is -2.05. The summed E-state index contributed by atoms with van der Waals surface area (Å²) in [5.74, 6) is 2.64. The molecule has 0 spiro atoms. The van der Waals surface area contributed by atoms with Crippen LogP contribution in [0.5, 0.6) is 0 Å². The Hall–Kier alpha value is -0.770. The van der Waals surface area contributed by atoms with E-state index < -0.39 is 0 Å². The van der Waals surface area contributed by atoms with E-state index in [1.54, 1.807) is 0 Å². The summed E-state index contributed by atoms with van der Waals surface area (Å²) in [6.45, 7) is 6.57. The lowest BCUT2D eigenvalue weighted by molar-refractivity contribution is 0.852.